The summed E-state index contributed by atoms with van der Waals surface area (Å²) >= 11 is 0. The topological polar surface area (TPSA) is 9.23 Å². The maximum absolute atomic E-state index is 6.78. The predicted molar refractivity (Wildman–Crippen MR) is 165 cm³/mol. The fourth-order valence-corrected chi connectivity index (χ4v) is 6.56. The molecule has 0 unspecified atom stereocenters. The van der Waals surface area contributed by atoms with E-state index in [2.05, 4.69) is 133 Å². The SMILES string of the molecule is c1ccc2cc3c(cc(-c4cc5c6c(cccc6c4)-c4ccc6ccccc6c4O5)c4ccccc43)cc2c1. The molecule has 0 amide bonds. The average molecular weight is 495 g/mol. The molecular weight excluding hydrogens is 472 g/mol. The zero-order valence-electron chi connectivity index (χ0n) is 21.1. The zero-order chi connectivity index (χ0) is 25.5. The molecule has 1 aliphatic heterocycles. The zero-order valence-corrected chi connectivity index (χ0v) is 21.1. The van der Waals surface area contributed by atoms with Crippen molar-refractivity contribution in [3.8, 4) is 33.8 Å². The molecule has 8 aromatic rings. The monoisotopic (exact) mass is 494 g/mol. The highest BCUT2D eigenvalue weighted by molar-refractivity contribution is 6.18. The molecular formula is C38H22O. The number of fused-ring (bicyclic) bond motifs is 8. The van der Waals surface area contributed by atoms with Crippen LogP contribution in [0.5, 0.6) is 11.5 Å². The molecule has 180 valence electrons. The second-order valence-corrected chi connectivity index (χ2v) is 10.5. The summed E-state index contributed by atoms with van der Waals surface area (Å²) in [5, 5.41) is 12.3. The lowest BCUT2D eigenvalue weighted by Gasteiger charge is -2.24. The van der Waals surface area contributed by atoms with Crippen molar-refractivity contribution >= 4 is 53.9 Å². The standard InChI is InChI=1S/C38H22O/c1-2-10-25-20-34-27(18-24(25)9-1)21-35(31-14-6-5-13-30(31)34)28-19-26-11-7-15-32-33-17-16-23-8-3-4-12-29(23)38(33)39-36(22-28)37(26)32/h1-22H. The lowest BCUT2D eigenvalue weighted by molar-refractivity contribution is 0.493. The van der Waals surface area contributed by atoms with Crippen LogP contribution in [0.4, 0.5) is 0 Å². The molecule has 1 nitrogen and oxygen atoms in total. The Morgan fingerprint density at radius 3 is 1.95 bits per heavy atom. The van der Waals surface area contributed by atoms with Gasteiger partial charge in [0.25, 0.3) is 0 Å². The molecule has 0 spiro atoms. The Bertz CT molecular complexity index is 2310. The maximum Gasteiger partial charge on any atom is 0.143 e. The summed E-state index contributed by atoms with van der Waals surface area (Å²) in [5.74, 6) is 1.87. The first-order chi connectivity index (χ1) is 19.3. The van der Waals surface area contributed by atoms with Gasteiger partial charge in [-0.05, 0) is 96.2 Å². The van der Waals surface area contributed by atoms with Crippen molar-refractivity contribution in [2.24, 2.45) is 0 Å². The van der Waals surface area contributed by atoms with Gasteiger partial charge in [0.1, 0.15) is 11.5 Å². The summed E-state index contributed by atoms with van der Waals surface area (Å²) in [6, 6.07) is 48.4. The molecule has 1 aliphatic rings. The Morgan fingerprint density at radius 2 is 1.08 bits per heavy atom. The highest BCUT2D eigenvalue weighted by Gasteiger charge is 2.23. The molecule has 0 saturated heterocycles. The van der Waals surface area contributed by atoms with Crippen molar-refractivity contribution in [2.45, 2.75) is 0 Å². The third-order valence-electron chi connectivity index (χ3n) is 8.36. The van der Waals surface area contributed by atoms with Crippen LogP contribution in [0.25, 0.3) is 76.1 Å². The molecule has 0 aromatic heterocycles. The fraction of sp³-hybridized carbons (Fsp3) is 0. The molecule has 0 N–H and O–H groups in total. The third kappa shape index (κ3) is 2.96. The van der Waals surface area contributed by atoms with E-state index < -0.39 is 0 Å². The Labute approximate surface area is 225 Å². The quantitative estimate of drug-likeness (QED) is 0.163. The van der Waals surface area contributed by atoms with Crippen LogP contribution in [0.2, 0.25) is 0 Å². The van der Waals surface area contributed by atoms with Gasteiger partial charge in [-0.2, -0.15) is 0 Å². The van der Waals surface area contributed by atoms with E-state index in [4.69, 9.17) is 4.74 Å². The van der Waals surface area contributed by atoms with Gasteiger partial charge in [-0.15, -0.1) is 0 Å². The fourth-order valence-electron chi connectivity index (χ4n) is 6.56. The van der Waals surface area contributed by atoms with Crippen molar-refractivity contribution in [2.75, 3.05) is 0 Å². The minimum Gasteiger partial charge on any atom is -0.455 e. The largest absolute Gasteiger partial charge is 0.455 e. The smallest absolute Gasteiger partial charge is 0.143 e. The second-order valence-electron chi connectivity index (χ2n) is 10.5. The van der Waals surface area contributed by atoms with Gasteiger partial charge in [0, 0.05) is 16.3 Å². The van der Waals surface area contributed by atoms with Crippen molar-refractivity contribution in [1.29, 1.82) is 0 Å². The summed E-state index contributed by atoms with van der Waals surface area (Å²) in [5.41, 5.74) is 4.78. The van der Waals surface area contributed by atoms with Crippen LogP contribution in [0.1, 0.15) is 0 Å². The summed E-state index contributed by atoms with van der Waals surface area (Å²) in [7, 11) is 0. The molecule has 0 radical (unpaired) electrons. The van der Waals surface area contributed by atoms with Gasteiger partial charge in [0.15, 0.2) is 0 Å². The van der Waals surface area contributed by atoms with Gasteiger partial charge < -0.3 is 4.74 Å². The minimum atomic E-state index is 0.921. The van der Waals surface area contributed by atoms with Crippen LogP contribution in [-0.2, 0) is 0 Å². The highest BCUT2D eigenvalue weighted by Crippen LogP contribution is 2.51. The normalized spacial score (nSPS) is 12.3. The van der Waals surface area contributed by atoms with Crippen LogP contribution < -0.4 is 4.74 Å². The highest BCUT2D eigenvalue weighted by atomic mass is 16.5. The molecule has 0 aliphatic carbocycles. The molecule has 8 aromatic carbocycles. The van der Waals surface area contributed by atoms with Crippen LogP contribution in [0.15, 0.2) is 133 Å². The van der Waals surface area contributed by atoms with Gasteiger partial charge >= 0.3 is 0 Å². The number of hydrogen-bond donors (Lipinski definition) is 0. The van der Waals surface area contributed by atoms with Crippen molar-refractivity contribution in [1.82, 2.24) is 0 Å². The Balaban J connectivity index is 1.35. The van der Waals surface area contributed by atoms with Gasteiger partial charge in [0.05, 0.1) is 0 Å². The molecule has 9 rings (SSSR count). The van der Waals surface area contributed by atoms with E-state index in [-0.39, 0.29) is 0 Å². The first kappa shape index (κ1) is 20.9. The van der Waals surface area contributed by atoms with Gasteiger partial charge in [0.2, 0.25) is 0 Å². The van der Waals surface area contributed by atoms with E-state index in [9.17, 15) is 0 Å². The lowest BCUT2D eigenvalue weighted by Crippen LogP contribution is -1.98. The Kier molecular flexibility index (Phi) is 4.11. The molecule has 1 heterocycles. The number of hydrogen-bond acceptors (Lipinski definition) is 1. The van der Waals surface area contributed by atoms with Crippen LogP contribution in [0, 0.1) is 0 Å². The van der Waals surface area contributed by atoms with E-state index in [1.807, 2.05) is 0 Å². The molecule has 0 atom stereocenters. The van der Waals surface area contributed by atoms with E-state index in [1.165, 1.54) is 65.2 Å². The average Bonchev–Trinajstić information content (AvgIpc) is 2.99. The Morgan fingerprint density at radius 1 is 0.359 bits per heavy atom. The summed E-state index contributed by atoms with van der Waals surface area (Å²) in [4.78, 5) is 0. The van der Waals surface area contributed by atoms with E-state index >= 15 is 0 Å². The second kappa shape index (κ2) is 7.69. The van der Waals surface area contributed by atoms with Crippen LogP contribution >= 0.6 is 0 Å². The lowest BCUT2D eigenvalue weighted by atomic mass is 9.88. The number of ether oxygens (including phenoxy) is 1. The minimum absolute atomic E-state index is 0.921. The predicted octanol–water partition coefficient (Wildman–Crippen LogP) is 10.9. The van der Waals surface area contributed by atoms with Crippen LogP contribution in [0.3, 0.4) is 0 Å². The Hall–Kier alpha value is -5.14. The van der Waals surface area contributed by atoms with Gasteiger partial charge in [-0.3, -0.25) is 0 Å². The first-order valence-electron chi connectivity index (χ1n) is 13.4. The molecule has 0 bridgehead atoms. The van der Waals surface area contributed by atoms with Gasteiger partial charge in [-0.25, -0.2) is 0 Å². The summed E-state index contributed by atoms with van der Waals surface area (Å²) < 4.78 is 6.78. The first-order valence-corrected chi connectivity index (χ1v) is 13.4. The molecule has 1 heteroatoms. The number of rotatable bonds is 1. The van der Waals surface area contributed by atoms with Gasteiger partial charge in [-0.1, -0.05) is 97.1 Å². The molecule has 39 heavy (non-hydrogen) atoms. The molecule has 0 fully saturated rings. The van der Waals surface area contributed by atoms with Crippen molar-refractivity contribution in [3.05, 3.63) is 133 Å². The van der Waals surface area contributed by atoms with E-state index in [1.54, 1.807) is 0 Å². The third-order valence-corrected chi connectivity index (χ3v) is 8.36. The van der Waals surface area contributed by atoms with Crippen molar-refractivity contribution < 1.29 is 4.74 Å². The van der Waals surface area contributed by atoms with Crippen LogP contribution in [-0.4, -0.2) is 0 Å². The maximum atomic E-state index is 6.78. The van der Waals surface area contributed by atoms with E-state index in [0.717, 1.165) is 22.4 Å². The summed E-state index contributed by atoms with van der Waals surface area (Å²) in [6.45, 7) is 0. The molecule has 0 saturated carbocycles. The van der Waals surface area contributed by atoms with Crippen molar-refractivity contribution in [3.63, 3.8) is 0 Å². The summed E-state index contributed by atoms with van der Waals surface area (Å²) in [6.07, 6.45) is 0. The number of benzene rings is 8. The van der Waals surface area contributed by atoms with E-state index in [0.29, 0.717) is 0 Å².